The summed E-state index contributed by atoms with van der Waals surface area (Å²) < 4.78 is 5.56. The first-order valence-electron chi connectivity index (χ1n) is 7.82. The van der Waals surface area contributed by atoms with E-state index in [1.807, 2.05) is 36.1 Å². The van der Waals surface area contributed by atoms with Crippen LogP contribution in [0, 0.1) is 6.92 Å². The summed E-state index contributed by atoms with van der Waals surface area (Å²) in [6.45, 7) is 5.63. The van der Waals surface area contributed by atoms with Crippen molar-refractivity contribution in [2.75, 3.05) is 11.4 Å². The van der Waals surface area contributed by atoms with Crippen molar-refractivity contribution in [3.8, 4) is 0 Å². The van der Waals surface area contributed by atoms with E-state index in [0.717, 1.165) is 30.2 Å². The number of carbonyl (C=O) groups is 1. The molecule has 0 aliphatic carbocycles. The Morgan fingerprint density at radius 1 is 1.23 bits per heavy atom. The molecule has 4 heteroatoms. The topological polar surface area (TPSA) is 45.5 Å². The Balaban J connectivity index is 1.60. The molecule has 1 fully saturated rings. The van der Waals surface area contributed by atoms with Gasteiger partial charge in [0.05, 0.1) is 6.54 Å². The molecule has 1 aliphatic heterocycles. The van der Waals surface area contributed by atoms with Crippen LogP contribution in [0.4, 0.5) is 5.69 Å². The van der Waals surface area contributed by atoms with Gasteiger partial charge in [-0.25, -0.2) is 0 Å². The summed E-state index contributed by atoms with van der Waals surface area (Å²) in [7, 11) is 0. The van der Waals surface area contributed by atoms with Crippen LogP contribution >= 0.6 is 0 Å². The van der Waals surface area contributed by atoms with Crippen LogP contribution in [0.3, 0.4) is 0 Å². The number of carbonyl (C=O) groups excluding carboxylic acids is 1. The summed E-state index contributed by atoms with van der Waals surface area (Å²) in [4.78, 5) is 13.6. The quantitative estimate of drug-likeness (QED) is 0.918. The summed E-state index contributed by atoms with van der Waals surface area (Å²) in [5.41, 5.74) is 2.21. The molecular formula is C18H22N2O2. The summed E-state index contributed by atoms with van der Waals surface area (Å²) in [6.07, 6.45) is 1.63. The van der Waals surface area contributed by atoms with Crippen LogP contribution in [-0.4, -0.2) is 12.5 Å². The third-order valence-electron chi connectivity index (χ3n) is 4.16. The average Bonchev–Trinajstić information content (AvgIpc) is 3.13. The van der Waals surface area contributed by atoms with Crippen molar-refractivity contribution >= 4 is 11.6 Å². The van der Waals surface area contributed by atoms with E-state index in [1.165, 1.54) is 5.56 Å². The number of nitrogens with one attached hydrogen (secondary N) is 1. The molecule has 2 heterocycles. The maximum atomic E-state index is 11.8. The average molecular weight is 298 g/mol. The van der Waals surface area contributed by atoms with Gasteiger partial charge in [-0.15, -0.1) is 0 Å². The molecule has 2 aromatic rings. The van der Waals surface area contributed by atoms with Crippen molar-refractivity contribution in [3.05, 3.63) is 53.5 Å². The van der Waals surface area contributed by atoms with Gasteiger partial charge in [-0.05, 0) is 50.1 Å². The number of hydrogen-bond donors (Lipinski definition) is 1. The van der Waals surface area contributed by atoms with E-state index in [9.17, 15) is 4.79 Å². The van der Waals surface area contributed by atoms with Gasteiger partial charge in [-0.2, -0.15) is 0 Å². The van der Waals surface area contributed by atoms with E-state index >= 15 is 0 Å². The number of rotatable bonds is 5. The number of anilines is 1. The number of aryl methyl sites for hydroxylation is 1. The Morgan fingerprint density at radius 2 is 2.00 bits per heavy atom. The van der Waals surface area contributed by atoms with E-state index in [0.29, 0.717) is 13.0 Å². The molecule has 0 spiro atoms. The molecule has 0 bridgehead atoms. The van der Waals surface area contributed by atoms with E-state index in [2.05, 4.69) is 24.4 Å². The van der Waals surface area contributed by atoms with Gasteiger partial charge in [0.2, 0.25) is 5.91 Å². The first kappa shape index (κ1) is 14.9. The lowest BCUT2D eigenvalue weighted by molar-refractivity contribution is -0.117. The normalized spacial score (nSPS) is 16.3. The SMILES string of the molecule is Cc1ccc(CN[C@H](C)c2ccc(N3CCCC3=O)cc2)o1. The maximum absolute atomic E-state index is 11.8. The molecule has 1 amide bonds. The second-order valence-corrected chi connectivity index (χ2v) is 5.86. The minimum absolute atomic E-state index is 0.229. The van der Waals surface area contributed by atoms with E-state index in [1.54, 1.807) is 0 Å². The fourth-order valence-electron chi connectivity index (χ4n) is 2.82. The fourth-order valence-corrected chi connectivity index (χ4v) is 2.82. The molecule has 1 aromatic carbocycles. The van der Waals surface area contributed by atoms with E-state index in [4.69, 9.17) is 4.42 Å². The van der Waals surface area contributed by atoms with Crippen LogP contribution < -0.4 is 10.2 Å². The standard InChI is InChI=1S/C18H22N2O2/c1-13-5-10-17(22-13)12-19-14(2)15-6-8-16(9-7-15)20-11-3-4-18(20)21/h5-10,14,19H,3-4,11-12H2,1-2H3/t14-/m1/s1. The van der Waals surface area contributed by atoms with Crippen molar-refractivity contribution in [2.24, 2.45) is 0 Å². The number of benzene rings is 1. The second-order valence-electron chi connectivity index (χ2n) is 5.86. The van der Waals surface area contributed by atoms with Crippen molar-refractivity contribution in [2.45, 2.75) is 39.3 Å². The third-order valence-corrected chi connectivity index (χ3v) is 4.16. The van der Waals surface area contributed by atoms with Gasteiger partial charge in [0.1, 0.15) is 11.5 Å². The lowest BCUT2D eigenvalue weighted by Gasteiger charge is -2.18. The molecule has 1 saturated heterocycles. The molecule has 22 heavy (non-hydrogen) atoms. The number of amides is 1. The molecule has 3 rings (SSSR count). The Hall–Kier alpha value is -2.07. The van der Waals surface area contributed by atoms with Crippen LogP contribution in [0.2, 0.25) is 0 Å². The van der Waals surface area contributed by atoms with Crippen molar-refractivity contribution in [1.29, 1.82) is 0 Å². The Morgan fingerprint density at radius 3 is 2.59 bits per heavy atom. The molecule has 0 radical (unpaired) electrons. The smallest absolute Gasteiger partial charge is 0.227 e. The summed E-state index contributed by atoms with van der Waals surface area (Å²) in [5, 5.41) is 3.45. The van der Waals surface area contributed by atoms with Gasteiger partial charge in [0, 0.05) is 24.7 Å². The Bertz CT molecular complexity index is 645. The number of furan rings is 1. The summed E-state index contributed by atoms with van der Waals surface area (Å²) in [6, 6.07) is 12.5. The predicted molar refractivity (Wildman–Crippen MR) is 86.7 cm³/mol. The molecule has 116 valence electrons. The molecule has 1 N–H and O–H groups in total. The predicted octanol–water partition coefficient (Wildman–Crippen LogP) is 3.57. The fraction of sp³-hybridized carbons (Fsp3) is 0.389. The lowest BCUT2D eigenvalue weighted by atomic mass is 10.1. The van der Waals surface area contributed by atoms with Crippen LogP contribution in [0.15, 0.2) is 40.8 Å². The largest absolute Gasteiger partial charge is 0.465 e. The van der Waals surface area contributed by atoms with Crippen molar-refractivity contribution in [3.63, 3.8) is 0 Å². The van der Waals surface area contributed by atoms with E-state index in [-0.39, 0.29) is 11.9 Å². The van der Waals surface area contributed by atoms with Gasteiger partial charge in [-0.1, -0.05) is 12.1 Å². The molecule has 0 unspecified atom stereocenters. The van der Waals surface area contributed by atoms with Crippen LogP contribution in [0.25, 0.3) is 0 Å². The zero-order valence-electron chi connectivity index (χ0n) is 13.1. The minimum atomic E-state index is 0.229. The first-order chi connectivity index (χ1) is 10.6. The molecule has 0 saturated carbocycles. The molecule has 1 atom stereocenters. The van der Waals surface area contributed by atoms with Crippen molar-refractivity contribution < 1.29 is 9.21 Å². The van der Waals surface area contributed by atoms with Gasteiger partial charge in [0.25, 0.3) is 0 Å². The highest BCUT2D eigenvalue weighted by Crippen LogP contribution is 2.23. The molecular weight excluding hydrogens is 276 g/mol. The van der Waals surface area contributed by atoms with Gasteiger partial charge in [-0.3, -0.25) is 4.79 Å². The summed E-state index contributed by atoms with van der Waals surface area (Å²) in [5.74, 6) is 2.11. The van der Waals surface area contributed by atoms with E-state index < -0.39 is 0 Å². The highest BCUT2D eigenvalue weighted by atomic mass is 16.3. The van der Waals surface area contributed by atoms with Gasteiger partial charge >= 0.3 is 0 Å². The van der Waals surface area contributed by atoms with Crippen molar-refractivity contribution in [1.82, 2.24) is 5.32 Å². The maximum Gasteiger partial charge on any atom is 0.227 e. The highest BCUT2D eigenvalue weighted by Gasteiger charge is 2.21. The Labute approximate surface area is 131 Å². The molecule has 1 aliphatic rings. The minimum Gasteiger partial charge on any atom is -0.465 e. The third kappa shape index (κ3) is 3.22. The second kappa shape index (κ2) is 6.36. The zero-order chi connectivity index (χ0) is 15.5. The van der Waals surface area contributed by atoms with Crippen LogP contribution in [0.1, 0.15) is 42.9 Å². The monoisotopic (exact) mass is 298 g/mol. The number of nitrogens with zero attached hydrogens (tertiary/aromatic N) is 1. The lowest BCUT2D eigenvalue weighted by Crippen LogP contribution is -2.23. The highest BCUT2D eigenvalue weighted by molar-refractivity contribution is 5.95. The van der Waals surface area contributed by atoms with Gasteiger partial charge in [0.15, 0.2) is 0 Å². The molecule has 1 aromatic heterocycles. The van der Waals surface area contributed by atoms with Gasteiger partial charge < -0.3 is 14.6 Å². The summed E-state index contributed by atoms with van der Waals surface area (Å²) >= 11 is 0. The number of hydrogen-bond acceptors (Lipinski definition) is 3. The zero-order valence-corrected chi connectivity index (χ0v) is 13.1. The van der Waals surface area contributed by atoms with Crippen LogP contribution in [-0.2, 0) is 11.3 Å². The van der Waals surface area contributed by atoms with Crippen LogP contribution in [0.5, 0.6) is 0 Å². The molecule has 4 nitrogen and oxygen atoms in total. The Kier molecular flexibility index (Phi) is 4.29. The first-order valence-corrected chi connectivity index (χ1v) is 7.82.